The number of carbonyl (C=O) groups is 2. The van der Waals surface area contributed by atoms with Gasteiger partial charge >= 0.3 is 6.09 Å². The summed E-state index contributed by atoms with van der Waals surface area (Å²) in [5.41, 5.74) is 4.58. The Balaban J connectivity index is 0.796. The Kier molecular flexibility index (Phi) is 17.2. The van der Waals surface area contributed by atoms with Gasteiger partial charge in [-0.2, -0.15) is 0 Å². The monoisotopic (exact) mass is 1080 g/mol. The second-order valence-electron chi connectivity index (χ2n) is 22.6. The van der Waals surface area contributed by atoms with Gasteiger partial charge in [0.2, 0.25) is 0 Å². The lowest BCUT2D eigenvalue weighted by molar-refractivity contribution is -0.384. The summed E-state index contributed by atoms with van der Waals surface area (Å²) in [6, 6.07) is 29.4. The van der Waals surface area contributed by atoms with Crippen LogP contribution in [0.2, 0.25) is 5.02 Å². The SMILES string of the molecule is CC(C)(C)OC(=O)N1CCN(C[C@]2(C)CCC(c3ccc(Cl)cc3)=C(CN3CCN(c4ccc(C(=O)NS(=O)(=O)c5ccc(NC(CCN6CC7CCC6C7)CSc6ccccc6)c([N+](=O)[O-])c5)cc4)CC3)C2)CC1. The van der Waals surface area contributed by atoms with Crippen LogP contribution in [0.4, 0.5) is 21.9 Å². The van der Waals surface area contributed by atoms with Crippen LogP contribution >= 0.6 is 23.4 Å². The number of halogens is 1. The molecular weight excluding hydrogens is 1010 g/mol. The van der Waals surface area contributed by atoms with E-state index >= 15 is 0 Å². The molecule has 3 saturated heterocycles. The van der Waals surface area contributed by atoms with Gasteiger partial charge in [0.1, 0.15) is 11.3 Å². The molecule has 2 bridgehead atoms. The van der Waals surface area contributed by atoms with Gasteiger partial charge in [0.25, 0.3) is 21.6 Å². The maximum absolute atomic E-state index is 13.7. The second kappa shape index (κ2) is 23.6. The van der Waals surface area contributed by atoms with E-state index < -0.39 is 26.5 Å². The normalized spacial score (nSPS) is 22.3. The van der Waals surface area contributed by atoms with Gasteiger partial charge in [-0.15, -0.1) is 11.8 Å². The van der Waals surface area contributed by atoms with E-state index in [1.807, 2.05) is 80.3 Å². The van der Waals surface area contributed by atoms with Crippen LogP contribution in [0.3, 0.4) is 0 Å². The largest absolute Gasteiger partial charge is 0.444 e. The molecule has 5 aliphatic rings. The Morgan fingerprint density at radius 3 is 2.27 bits per heavy atom. The van der Waals surface area contributed by atoms with Gasteiger partial charge in [-0.3, -0.25) is 24.7 Å². The average Bonchev–Trinajstić information content (AvgIpc) is 4.02. The van der Waals surface area contributed by atoms with Crippen molar-refractivity contribution in [3.05, 3.63) is 129 Å². The molecule has 75 heavy (non-hydrogen) atoms. The molecule has 3 unspecified atom stereocenters. The summed E-state index contributed by atoms with van der Waals surface area (Å²) in [4.78, 5) is 50.6. The third-order valence-electron chi connectivity index (χ3n) is 15.7. The number of anilines is 2. The van der Waals surface area contributed by atoms with Gasteiger partial charge < -0.3 is 24.8 Å². The molecule has 0 aromatic heterocycles. The molecule has 2 amide bonds. The fraction of sp³-hybridized carbons (Fsp3) is 0.509. The lowest BCUT2D eigenvalue weighted by Crippen LogP contribution is -2.52. The van der Waals surface area contributed by atoms with Crippen LogP contribution in [0.25, 0.3) is 5.57 Å². The Hall–Kier alpha value is -5.17. The number of carbonyl (C=O) groups excluding carboxylic acids is 2. The third kappa shape index (κ3) is 14.3. The summed E-state index contributed by atoms with van der Waals surface area (Å²) in [5, 5.41) is 16.6. The first-order valence-electron chi connectivity index (χ1n) is 26.6. The zero-order valence-corrected chi connectivity index (χ0v) is 46.2. The Morgan fingerprint density at radius 2 is 1.61 bits per heavy atom. The first-order valence-corrected chi connectivity index (χ1v) is 29.5. The van der Waals surface area contributed by atoms with Crippen molar-refractivity contribution in [1.82, 2.24) is 24.3 Å². The molecule has 3 aliphatic heterocycles. The lowest BCUT2D eigenvalue weighted by Gasteiger charge is -2.44. The molecule has 4 atom stereocenters. The number of fused-ring (bicyclic) bond motifs is 2. The summed E-state index contributed by atoms with van der Waals surface area (Å²) in [6.07, 6.45) is 7.31. The molecule has 18 heteroatoms. The summed E-state index contributed by atoms with van der Waals surface area (Å²) in [5.74, 6) is 0.605. The molecule has 3 heterocycles. The summed E-state index contributed by atoms with van der Waals surface area (Å²) in [7, 11) is -4.47. The molecular formula is C57H73ClN8O7S2. The number of sulfonamides is 1. The number of amides is 2. The number of piperazine rings is 2. The maximum atomic E-state index is 13.7. The number of ether oxygens (including phenoxy) is 1. The average molecular weight is 1080 g/mol. The molecule has 9 rings (SSSR count). The molecule has 2 aliphatic carbocycles. The molecule has 2 N–H and O–H groups in total. The van der Waals surface area contributed by atoms with Crippen molar-refractivity contribution in [2.24, 2.45) is 11.3 Å². The summed E-state index contributed by atoms with van der Waals surface area (Å²) >= 11 is 8.01. The molecule has 15 nitrogen and oxygen atoms in total. The Bertz CT molecular complexity index is 2800. The highest BCUT2D eigenvalue weighted by atomic mass is 35.5. The topological polar surface area (TPSA) is 161 Å². The molecule has 402 valence electrons. The summed E-state index contributed by atoms with van der Waals surface area (Å²) in [6.45, 7) is 18.1. The number of hydrogen-bond acceptors (Lipinski definition) is 13. The van der Waals surface area contributed by atoms with E-state index in [1.54, 1.807) is 23.9 Å². The molecule has 4 fully saturated rings. The predicted octanol–water partition coefficient (Wildman–Crippen LogP) is 10.1. The van der Waals surface area contributed by atoms with E-state index in [0.29, 0.717) is 24.9 Å². The molecule has 4 aromatic carbocycles. The van der Waals surface area contributed by atoms with Crippen LogP contribution < -0.4 is 14.9 Å². The highest BCUT2D eigenvalue weighted by Gasteiger charge is 2.39. The maximum Gasteiger partial charge on any atom is 0.410 e. The van der Waals surface area contributed by atoms with Crippen molar-refractivity contribution < 1.29 is 27.7 Å². The zero-order chi connectivity index (χ0) is 52.9. The van der Waals surface area contributed by atoms with Crippen LogP contribution in [0.1, 0.15) is 88.6 Å². The second-order valence-corrected chi connectivity index (χ2v) is 25.8. The zero-order valence-electron chi connectivity index (χ0n) is 43.8. The van der Waals surface area contributed by atoms with Gasteiger partial charge in [0, 0.05) is 124 Å². The van der Waals surface area contributed by atoms with Crippen LogP contribution in [0, 0.1) is 21.4 Å². The van der Waals surface area contributed by atoms with E-state index in [-0.39, 0.29) is 39.4 Å². The fourth-order valence-electron chi connectivity index (χ4n) is 11.8. The van der Waals surface area contributed by atoms with Gasteiger partial charge in [0.05, 0.1) is 9.82 Å². The number of piperidine rings is 1. The number of thioether (sulfide) groups is 1. The van der Waals surface area contributed by atoms with Crippen molar-refractivity contribution in [1.29, 1.82) is 0 Å². The van der Waals surface area contributed by atoms with Crippen LogP contribution in [0.5, 0.6) is 0 Å². The highest BCUT2D eigenvalue weighted by molar-refractivity contribution is 7.99. The molecule has 0 radical (unpaired) electrons. The van der Waals surface area contributed by atoms with Gasteiger partial charge in [-0.25, -0.2) is 17.9 Å². The third-order valence-corrected chi connectivity index (χ3v) is 18.4. The minimum atomic E-state index is -4.47. The number of likely N-dealkylation sites (tertiary alicyclic amines) is 1. The smallest absolute Gasteiger partial charge is 0.410 e. The van der Waals surface area contributed by atoms with Crippen LogP contribution in [-0.2, 0) is 14.8 Å². The van der Waals surface area contributed by atoms with E-state index in [2.05, 4.69) is 48.7 Å². The first kappa shape index (κ1) is 54.6. The van der Waals surface area contributed by atoms with Crippen LogP contribution in [-0.4, -0.2) is 147 Å². The van der Waals surface area contributed by atoms with E-state index in [9.17, 15) is 28.1 Å². The van der Waals surface area contributed by atoms with Crippen molar-refractivity contribution in [3.8, 4) is 0 Å². The number of nitrogens with one attached hydrogen (secondary N) is 2. The standard InChI is InChI=1S/C57H73ClN8O7S2/c1-56(2,3)73-55(68)64-32-28-62(29-33-64)40-57(4)24-22-51(42-11-15-45(58)16-12-42)44(36-57)38-61-26-30-63(31-27-61)47-18-13-43(14-19-47)54(67)60-75(71,72)50-20-21-52(53(35-50)66(69)70)59-46(39-74-49-8-6-5-7-9-49)23-25-65-37-41-10-17-48(65)34-41/h5-9,11-16,18-21,35,41,46,48,59H,10,17,22-34,36-40H2,1-4H3,(H,60,67)/t41?,46?,48?,57-/m1/s1. The van der Waals surface area contributed by atoms with Crippen molar-refractivity contribution in [2.45, 2.75) is 100 Å². The van der Waals surface area contributed by atoms with Gasteiger partial charge in [-0.1, -0.05) is 54.4 Å². The Labute approximate surface area is 452 Å². The number of nitrogens with zero attached hydrogens (tertiary/aromatic N) is 6. The minimum Gasteiger partial charge on any atom is -0.444 e. The quantitative estimate of drug-likeness (QED) is 0.0551. The van der Waals surface area contributed by atoms with Crippen LogP contribution in [0.15, 0.2) is 112 Å². The van der Waals surface area contributed by atoms with E-state index in [0.717, 1.165) is 119 Å². The predicted molar refractivity (Wildman–Crippen MR) is 299 cm³/mol. The number of nitro groups is 1. The number of rotatable bonds is 18. The Morgan fingerprint density at radius 1 is 0.907 bits per heavy atom. The first-order chi connectivity index (χ1) is 35.8. The summed E-state index contributed by atoms with van der Waals surface area (Å²) < 4.78 is 35.1. The molecule has 4 aromatic rings. The minimum absolute atomic E-state index is 0.0765. The van der Waals surface area contributed by atoms with Gasteiger partial charge in [0.15, 0.2) is 0 Å². The highest BCUT2D eigenvalue weighted by Crippen LogP contribution is 2.44. The number of nitro benzene ring substituents is 1. The van der Waals surface area contributed by atoms with E-state index in [4.69, 9.17) is 16.3 Å². The van der Waals surface area contributed by atoms with Crippen molar-refractivity contribution in [2.75, 3.05) is 94.5 Å². The number of allylic oxidation sites excluding steroid dienone is 1. The van der Waals surface area contributed by atoms with Crippen molar-refractivity contribution in [3.63, 3.8) is 0 Å². The van der Waals surface area contributed by atoms with E-state index in [1.165, 1.54) is 48.1 Å². The molecule has 1 saturated carbocycles. The number of hydrogen-bond donors (Lipinski definition) is 2. The number of benzene rings is 4. The lowest BCUT2D eigenvalue weighted by atomic mass is 9.71. The fourth-order valence-corrected chi connectivity index (χ4v) is 13.9. The van der Waals surface area contributed by atoms with Gasteiger partial charge in [-0.05, 0) is 149 Å². The van der Waals surface area contributed by atoms with Crippen molar-refractivity contribution >= 4 is 68.0 Å². The molecule has 0 spiro atoms.